The van der Waals surface area contributed by atoms with E-state index >= 15 is 0 Å². The second-order valence-corrected chi connectivity index (χ2v) is 5.50. The van der Waals surface area contributed by atoms with E-state index in [2.05, 4.69) is 19.2 Å². The van der Waals surface area contributed by atoms with E-state index in [0.29, 0.717) is 6.04 Å². The van der Waals surface area contributed by atoms with Crippen LogP contribution in [0.1, 0.15) is 41.0 Å². The number of carbonyl (C=O) groups excluding carboxylic acids is 1. The molecule has 4 nitrogen and oxygen atoms in total. The van der Waals surface area contributed by atoms with Crippen LogP contribution < -0.4 is 5.32 Å². The number of rotatable bonds is 1. The molecule has 1 saturated heterocycles. The average Bonchev–Trinajstić information content (AvgIpc) is 2.15. The van der Waals surface area contributed by atoms with E-state index in [1.807, 2.05) is 25.7 Å². The zero-order valence-electron chi connectivity index (χ0n) is 11.0. The first-order valence-corrected chi connectivity index (χ1v) is 6.06. The van der Waals surface area contributed by atoms with Gasteiger partial charge in [0, 0.05) is 25.2 Å². The lowest BCUT2D eigenvalue weighted by atomic mass is 10.1. The number of hydrogen-bond acceptors (Lipinski definition) is 3. The molecule has 1 fully saturated rings. The van der Waals surface area contributed by atoms with E-state index in [4.69, 9.17) is 4.74 Å². The summed E-state index contributed by atoms with van der Waals surface area (Å²) in [7, 11) is 0. The molecule has 0 aromatic heterocycles. The Labute approximate surface area is 98.3 Å². The Bertz CT molecular complexity index is 248. The summed E-state index contributed by atoms with van der Waals surface area (Å²) in [6, 6.07) is 0.598. The standard InChI is InChI=1S/C12H24N2O2/c1-6-10-7-13-9(2)8-14(10)11(15)16-12(3,4)5/h9-10,13H,6-8H2,1-5H3/t9-,10?/m1/s1. The van der Waals surface area contributed by atoms with Crippen molar-refractivity contribution in [3.8, 4) is 0 Å². The van der Waals surface area contributed by atoms with Crippen molar-refractivity contribution < 1.29 is 9.53 Å². The Morgan fingerprint density at radius 3 is 2.62 bits per heavy atom. The third kappa shape index (κ3) is 3.67. The van der Waals surface area contributed by atoms with Crippen molar-refractivity contribution >= 4 is 6.09 Å². The van der Waals surface area contributed by atoms with Crippen molar-refractivity contribution in [1.82, 2.24) is 10.2 Å². The molecule has 1 aliphatic heterocycles. The Balaban J connectivity index is 2.63. The summed E-state index contributed by atoms with van der Waals surface area (Å²) in [6.07, 6.45) is 0.770. The maximum atomic E-state index is 12.0. The Morgan fingerprint density at radius 1 is 1.50 bits per heavy atom. The molecular weight excluding hydrogens is 204 g/mol. The molecular formula is C12H24N2O2. The quantitative estimate of drug-likeness (QED) is 0.746. The van der Waals surface area contributed by atoms with Crippen LogP contribution >= 0.6 is 0 Å². The van der Waals surface area contributed by atoms with E-state index in [1.54, 1.807) is 0 Å². The molecule has 0 bridgehead atoms. The first kappa shape index (κ1) is 13.3. The smallest absolute Gasteiger partial charge is 0.410 e. The van der Waals surface area contributed by atoms with Crippen molar-refractivity contribution in [3.63, 3.8) is 0 Å². The van der Waals surface area contributed by atoms with Crippen LogP contribution in [0.3, 0.4) is 0 Å². The average molecular weight is 228 g/mol. The molecule has 1 heterocycles. The van der Waals surface area contributed by atoms with Crippen LogP contribution in [0.15, 0.2) is 0 Å². The van der Waals surface area contributed by atoms with Crippen LogP contribution in [0.5, 0.6) is 0 Å². The van der Waals surface area contributed by atoms with Gasteiger partial charge in [0.05, 0.1) is 0 Å². The van der Waals surface area contributed by atoms with Gasteiger partial charge in [0.15, 0.2) is 0 Å². The lowest BCUT2D eigenvalue weighted by molar-refractivity contribution is 0.00780. The second-order valence-electron chi connectivity index (χ2n) is 5.50. The number of amides is 1. The summed E-state index contributed by atoms with van der Waals surface area (Å²) in [4.78, 5) is 13.9. The highest BCUT2D eigenvalue weighted by molar-refractivity contribution is 5.68. The lowest BCUT2D eigenvalue weighted by Crippen LogP contribution is -2.57. The van der Waals surface area contributed by atoms with Crippen molar-refractivity contribution in [2.24, 2.45) is 0 Å². The first-order valence-electron chi connectivity index (χ1n) is 6.06. The molecule has 0 radical (unpaired) electrons. The molecule has 1 aliphatic rings. The molecule has 16 heavy (non-hydrogen) atoms. The van der Waals surface area contributed by atoms with Crippen LogP contribution in [0.2, 0.25) is 0 Å². The number of nitrogens with zero attached hydrogens (tertiary/aromatic N) is 1. The van der Waals surface area contributed by atoms with Gasteiger partial charge in [0.2, 0.25) is 0 Å². The van der Waals surface area contributed by atoms with Gasteiger partial charge in [-0.1, -0.05) is 6.92 Å². The third-order valence-electron chi connectivity index (χ3n) is 2.71. The number of ether oxygens (including phenoxy) is 1. The highest BCUT2D eigenvalue weighted by atomic mass is 16.6. The molecule has 1 rings (SSSR count). The molecule has 1 N–H and O–H groups in total. The predicted molar refractivity (Wildman–Crippen MR) is 64.5 cm³/mol. The highest BCUT2D eigenvalue weighted by Gasteiger charge is 2.31. The summed E-state index contributed by atoms with van der Waals surface area (Å²) < 4.78 is 5.42. The fraction of sp³-hybridized carbons (Fsp3) is 0.917. The van der Waals surface area contributed by atoms with Gasteiger partial charge in [-0.05, 0) is 34.1 Å². The van der Waals surface area contributed by atoms with Gasteiger partial charge in [-0.3, -0.25) is 0 Å². The number of carbonyl (C=O) groups is 1. The maximum Gasteiger partial charge on any atom is 0.410 e. The van der Waals surface area contributed by atoms with E-state index < -0.39 is 5.60 Å². The van der Waals surface area contributed by atoms with Gasteiger partial charge in [-0.15, -0.1) is 0 Å². The SMILES string of the molecule is CCC1CN[C@H](C)CN1C(=O)OC(C)(C)C. The van der Waals surface area contributed by atoms with Crippen molar-refractivity contribution in [1.29, 1.82) is 0 Å². The molecule has 1 amide bonds. The summed E-state index contributed by atoms with van der Waals surface area (Å²) in [5.41, 5.74) is -0.413. The van der Waals surface area contributed by atoms with Crippen molar-refractivity contribution in [2.45, 2.75) is 58.7 Å². The van der Waals surface area contributed by atoms with Gasteiger partial charge in [-0.25, -0.2) is 4.79 Å². The van der Waals surface area contributed by atoms with Gasteiger partial charge in [0.25, 0.3) is 0 Å². The zero-order valence-corrected chi connectivity index (χ0v) is 11.0. The highest BCUT2D eigenvalue weighted by Crippen LogP contribution is 2.16. The van der Waals surface area contributed by atoms with Crippen molar-refractivity contribution in [2.75, 3.05) is 13.1 Å². The van der Waals surface area contributed by atoms with Gasteiger partial charge >= 0.3 is 6.09 Å². The van der Waals surface area contributed by atoms with E-state index in [0.717, 1.165) is 19.5 Å². The monoisotopic (exact) mass is 228 g/mol. The Kier molecular flexibility index (Phi) is 4.19. The molecule has 0 aliphatic carbocycles. The fourth-order valence-electron chi connectivity index (χ4n) is 1.86. The lowest BCUT2D eigenvalue weighted by Gasteiger charge is -2.39. The Hall–Kier alpha value is -0.770. The topological polar surface area (TPSA) is 41.6 Å². The van der Waals surface area contributed by atoms with Gasteiger partial charge in [-0.2, -0.15) is 0 Å². The minimum Gasteiger partial charge on any atom is -0.444 e. The molecule has 0 aromatic carbocycles. The van der Waals surface area contributed by atoms with Crippen LogP contribution in [-0.2, 0) is 4.74 Å². The number of piperazine rings is 1. The summed E-state index contributed by atoms with van der Waals surface area (Å²) in [5.74, 6) is 0. The largest absolute Gasteiger partial charge is 0.444 e. The van der Waals surface area contributed by atoms with Crippen LogP contribution in [-0.4, -0.2) is 41.8 Å². The fourth-order valence-corrected chi connectivity index (χ4v) is 1.86. The molecule has 0 spiro atoms. The van der Waals surface area contributed by atoms with Crippen molar-refractivity contribution in [3.05, 3.63) is 0 Å². The summed E-state index contributed by atoms with van der Waals surface area (Å²) >= 11 is 0. The van der Waals surface area contributed by atoms with E-state index in [1.165, 1.54) is 0 Å². The van der Waals surface area contributed by atoms with Gasteiger partial charge in [0.1, 0.15) is 5.60 Å². The molecule has 1 unspecified atom stereocenters. The first-order chi connectivity index (χ1) is 7.33. The molecule has 94 valence electrons. The molecule has 2 atom stereocenters. The predicted octanol–water partition coefficient (Wildman–Crippen LogP) is 1.99. The minimum absolute atomic E-state index is 0.187. The number of nitrogens with one attached hydrogen (secondary N) is 1. The summed E-state index contributed by atoms with van der Waals surface area (Å²) in [6.45, 7) is 11.5. The van der Waals surface area contributed by atoms with Crippen LogP contribution in [0.4, 0.5) is 4.79 Å². The number of hydrogen-bond donors (Lipinski definition) is 1. The molecule has 0 aromatic rings. The molecule has 0 saturated carbocycles. The normalized spacial score (nSPS) is 26.7. The zero-order chi connectivity index (χ0) is 12.3. The second kappa shape index (κ2) is 5.04. The van der Waals surface area contributed by atoms with Crippen LogP contribution in [0, 0.1) is 0 Å². The summed E-state index contributed by atoms with van der Waals surface area (Å²) in [5, 5.41) is 3.38. The maximum absolute atomic E-state index is 12.0. The van der Waals surface area contributed by atoms with Gasteiger partial charge < -0.3 is 15.0 Å². The van der Waals surface area contributed by atoms with Crippen LogP contribution in [0.25, 0.3) is 0 Å². The third-order valence-corrected chi connectivity index (χ3v) is 2.71. The van der Waals surface area contributed by atoms with E-state index in [-0.39, 0.29) is 12.1 Å². The van der Waals surface area contributed by atoms with E-state index in [9.17, 15) is 4.79 Å². The molecule has 4 heteroatoms. The Morgan fingerprint density at radius 2 is 2.12 bits per heavy atom. The minimum atomic E-state index is -0.413.